The summed E-state index contributed by atoms with van der Waals surface area (Å²) in [6.07, 6.45) is 6.12. The van der Waals surface area contributed by atoms with Gasteiger partial charge < -0.3 is 45.4 Å². The van der Waals surface area contributed by atoms with Gasteiger partial charge in [-0.3, -0.25) is 9.89 Å². The number of amides is 1. The highest BCUT2D eigenvalue weighted by atomic mass is 32.2. The maximum atomic E-state index is 12.2. The number of nitrogens with zero attached hydrogens (tertiary/aromatic N) is 2. The Balaban J connectivity index is 0.771. The first-order chi connectivity index (χ1) is 24.5. The summed E-state index contributed by atoms with van der Waals surface area (Å²) >= 11 is 1.97. The number of carbonyl (C=O) groups is 1. The first-order valence-electron chi connectivity index (χ1n) is 17.5. The molecule has 0 saturated carbocycles. The second-order valence-electron chi connectivity index (χ2n) is 12.6. The van der Waals surface area contributed by atoms with E-state index in [1.54, 1.807) is 14.2 Å². The summed E-state index contributed by atoms with van der Waals surface area (Å²) in [4.78, 5) is 16.7. The van der Waals surface area contributed by atoms with E-state index in [9.17, 15) is 4.79 Å². The Morgan fingerprint density at radius 1 is 1.00 bits per heavy atom. The maximum Gasteiger partial charge on any atom is 0.219 e. The molecule has 14 heteroatoms. The molecular weight excluding hydrogens is 659 g/mol. The fourth-order valence-electron chi connectivity index (χ4n) is 6.60. The van der Waals surface area contributed by atoms with E-state index in [2.05, 4.69) is 31.1 Å². The number of methoxy groups -OCH3 is 2. The molecule has 3 unspecified atom stereocenters. The molecule has 1 amide bonds. The number of guanidine groups is 1. The van der Waals surface area contributed by atoms with E-state index in [4.69, 9.17) is 29.4 Å². The Kier molecular flexibility index (Phi) is 12.6. The van der Waals surface area contributed by atoms with Crippen molar-refractivity contribution in [3.05, 3.63) is 47.5 Å². The molecule has 6 N–H and O–H groups in total. The summed E-state index contributed by atoms with van der Waals surface area (Å²) in [6, 6.07) is 12.5. The van der Waals surface area contributed by atoms with E-state index >= 15 is 0 Å². The molecule has 1 aromatic heterocycles. The van der Waals surface area contributed by atoms with Crippen LogP contribution in [0.3, 0.4) is 0 Å². The number of H-pyrrole nitrogens is 1. The zero-order chi connectivity index (χ0) is 34.7. The van der Waals surface area contributed by atoms with E-state index in [0.717, 1.165) is 83.9 Å². The summed E-state index contributed by atoms with van der Waals surface area (Å²) in [6.45, 7) is 3.25. The molecule has 3 atom stereocenters. The van der Waals surface area contributed by atoms with Crippen molar-refractivity contribution >= 4 is 35.1 Å². The van der Waals surface area contributed by atoms with Gasteiger partial charge in [-0.05, 0) is 55.5 Å². The van der Waals surface area contributed by atoms with Crippen molar-refractivity contribution in [1.29, 1.82) is 0 Å². The number of aliphatic imine (C=N–C) groups is 1. The molecule has 2 aliphatic heterocycles. The Morgan fingerprint density at radius 2 is 1.82 bits per heavy atom. The Morgan fingerprint density at radius 3 is 2.68 bits per heavy atom. The molecule has 13 nitrogen and oxygen atoms in total. The molecular formula is C36H49N7O6S. The zero-order valence-corrected chi connectivity index (χ0v) is 29.7. The van der Waals surface area contributed by atoms with Crippen LogP contribution >= 0.6 is 11.8 Å². The van der Waals surface area contributed by atoms with Crippen LogP contribution in [0.5, 0.6) is 17.2 Å². The number of nitrogens with one attached hydrogen (secondary N) is 4. The molecule has 0 bridgehead atoms. The van der Waals surface area contributed by atoms with Crippen LogP contribution in [0.25, 0.3) is 11.3 Å². The van der Waals surface area contributed by atoms with Crippen LogP contribution in [0.2, 0.25) is 0 Å². The fourth-order valence-corrected chi connectivity index (χ4v) is 8.11. The number of hydrogen-bond acceptors (Lipinski definition) is 12. The van der Waals surface area contributed by atoms with Gasteiger partial charge in [0.15, 0.2) is 23.3 Å². The topological polar surface area (TPSA) is 166 Å². The number of unbranched alkanes of at least 4 members (excludes halogenated alkanes) is 2. The van der Waals surface area contributed by atoms with Gasteiger partial charge in [-0.25, -0.2) is 4.99 Å². The number of rotatable bonds is 21. The second kappa shape index (κ2) is 17.7. The van der Waals surface area contributed by atoms with E-state index in [1.807, 2.05) is 48.2 Å². The third kappa shape index (κ3) is 9.15. The Labute approximate surface area is 297 Å². The van der Waals surface area contributed by atoms with E-state index in [-0.39, 0.29) is 5.91 Å². The standard InChI is InChI=1S/C36H49N7O6S/c1-45-29-19-23-18-27-33(26(23)21-30(29)46-2)42-43-35(27)39-24-8-7-9-25(20-24)49-17-16-48-15-14-47-13-6-5-12-38-32(44)11-4-3-10-31-34-28(22-50-31)40-36(37)41-34/h7-9,19-21,28,31,34H,3-6,10-18,22H2,1-2H3,(H,38,44)(H3,37,40,41)(H2,39,42,43). The molecule has 2 aromatic carbocycles. The predicted molar refractivity (Wildman–Crippen MR) is 196 cm³/mol. The van der Waals surface area contributed by atoms with Gasteiger partial charge in [0.25, 0.3) is 0 Å². The number of hydrogen-bond donors (Lipinski definition) is 5. The van der Waals surface area contributed by atoms with Crippen molar-refractivity contribution in [2.75, 3.05) is 64.9 Å². The fraction of sp³-hybridized carbons (Fsp3) is 0.528. The number of fused-ring (bicyclic) bond motifs is 4. The molecule has 1 aliphatic carbocycles. The molecule has 0 radical (unpaired) electrons. The van der Waals surface area contributed by atoms with Gasteiger partial charge >= 0.3 is 0 Å². The number of ether oxygens (including phenoxy) is 5. The number of thioether (sulfide) groups is 1. The number of carbonyl (C=O) groups excluding carboxylic acids is 1. The average Bonchev–Trinajstić information content (AvgIpc) is 3.88. The largest absolute Gasteiger partial charge is 0.493 e. The van der Waals surface area contributed by atoms with Crippen LogP contribution in [-0.4, -0.2) is 98.9 Å². The molecule has 270 valence electrons. The van der Waals surface area contributed by atoms with Crippen LogP contribution in [0, 0.1) is 0 Å². The van der Waals surface area contributed by atoms with E-state index in [0.29, 0.717) is 80.8 Å². The highest BCUT2D eigenvalue weighted by Crippen LogP contribution is 2.44. The molecule has 50 heavy (non-hydrogen) atoms. The van der Waals surface area contributed by atoms with Crippen LogP contribution in [0.4, 0.5) is 11.5 Å². The van der Waals surface area contributed by atoms with E-state index < -0.39 is 0 Å². The lowest BCUT2D eigenvalue weighted by Gasteiger charge is -2.14. The molecule has 1 saturated heterocycles. The van der Waals surface area contributed by atoms with Crippen molar-refractivity contribution < 1.29 is 28.5 Å². The van der Waals surface area contributed by atoms with Gasteiger partial charge in [0.2, 0.25) is 5.91 Å². The summed E-state index contributed by atoms with van der Waals surface area (Å²) in [7, 11) is 3.28. The minimum atomic E-state index is 0.127. The predicted octanol–water partition coefficient (Wildman–Crippen LogP) is 4.38. The maximum absolute atomic E-state index is 12.2. The SMILES string of the molecule is COc1cc2c(cc1OC)-c1[nH]nc(Nc3cccc(OCCOCCOCCCCNC(=O)CCCCC4SCC5NC(N)=NC54)c3)c1C2. The van der Waals surface area contributed by atoms with Gasteiger partial charge in [-0.15, -0.1) is 0 Å². The van der Waals surface area contributed by atoms with Crippen molar-refractivity contribution in [3.63, 3.8) is 0 Å². The number of nitrogens with two attached hydrogens (primary N) is 1. The third-order valence-electron chi connectivity index (χ3n) is 9.16. The van der Waals surface area contributed by atoms with Crippen LogP contribution in [0.15, 0.2) is 41.4 Å². The molecule has 3 aliphatic rings. The van der Waals surface area contributed by atoms with Gasteiger partial charge in [0.1, 0.15) is 12.4 Å². The van der Waals surface area contributed by atoms with Crippen molar-refractivity contribution in [1.82, 2.24) is 20.8 Å². The van der Waals surface area contributed by atoms with Crippen molar-refractivity contribution in [2.45, 2.75) is 62.3 Å². The smallest absolute Gasteiger partial charge is 0.219 e. The highest BCUT2D eigenvalue weighted by molar-refractivity contribution is 8.00. The molecule has 3 aromatic rings. The second-order valence-corrected chi connectivity index (χ2v) is 13.9. The molecule has 3 heterocycles. The van der Waals surface area contributed by atoms with Gasteiger partial charge in [0, 0.05) is 59.9 Å². The van der Waals surface area contributed by atoms with Crippen molar-refractivity contribution in [2.24, 2.45) is 10.7 Å². The summed E-state index contributed by atoms with van der Waals surface area (Å²) < 4.78 is 28.2. The minimum absolute atomic E-state index is 0.127. The van der Waals surface area contributed by atoms with E-state index in [1.165, 1.54) is 0 Å². The number of anilines is 2. The summed E-state index contributed by atoms with van der Waals surface area (Å²) in [5.74, 6) is 4.69. The number of aromatic nitrogens is 2. The van der Waals surface area contributed by atoms with Crippen LogP contribution in [-0.2, 0) is 20.7 Å². The zero-order valence-electron chi connectivity index (χ0n) is 28.9. The number of aromatic amines is 1. The average molecular weight is 708 g/mol. The first kappa shape index (κ1) is 35.7. The van der Waals surface area contributed by atoms with Crippen LogP contribution in [0.1, 0.15) is 49.7 Å². The van der Waals surface area contributed by atoms with Gasteiger partial charge in [0.05, 0.1) is 51.8 Å². The minimum Gasteiger partial charge on any atom is -0.493 e. The lowest BCUT2D eigenvalue weighted by atomic mass is 10.0. The highest BCUT2D eigenvalue weighted by Gasteiger charge is 2.40. The first-order valence-corrected chi connectivity index (χ1v) is 18.5. The van der Waals surface area contributed by atoms with Gasteiger partial charge in [-0.1, -0.05) is 12.5 Å². The Bertz CT molecular complexity index is 1620. The Hall–Kier alpha value is -4.14. The summed E-state index contributed by atoms with van der Waals surface area (Å²) in [5, 5.41) is 17.9. The third-order valence-corrected chi connectivity index (χ3v) is 10.7. The van der Waals surface area contributed by atoms with Crippen LogP contribution < -0.4 is 35.9 Å². The molecule has 0 spiro atoms. The molecule has 6 rings (SSSR count). The molecule has 1 fully saturated rings. The normalized spacial score (nSPS) is 18.5. The lowest BCUT2D eigenvalue weighted by Crippen LogP contribution is -2.38. The monoisotopic (exact) mass is 707 g/mol. The van der Waals surface area contributed by atoms with Gasteiger partial charge in [-0.2, -0.15) is 16.9 Å². The summed E-state index contributed by atoms with van der Waals surface area (Å²) in [5.41, 5.74) is 11.0. The number of benzene rings is 2. The van der Waals surface area contributed by atoms with Crippen molar-refractivity contribution in [3.8, 4) is 28.5 Å². The lowest BCUT2D eigenvalue weighted by molar-refractivity contribution is -0.121. The quantitative estimate of drug-likeness (QED) is 0.0781.